The first-order valence-corrected chi connectivity index (χ1v) is 7.63. The second-order valence-corrected chi connectivity index (χ2v) is 5.74. The number of nitrogens with zero attached hydrogens (tertiary/aromatic N) is 2. The van der Waals surface area contributed by atoms with E-state index in [9.17, 15) is 4.39 Å². The van der Waals surface area contributed by atoms with E-state index in [0.29, 0.717) is 5.02 Å². The predicted octanol–water partition coefficient (Wildman–Crippen LogP) is 2.99. The molecule has 1 heterocycles. The highest BCUT2D eigenvalue weighted by molar-refractivity contribution is 9.09. The molecule has 0 bridgehead atoms. The van der Waals surface area contributed by atoms with Crippen molar-refractivity contribution in [3.05, 3.63) is 34.6 Å². The summed E-state index contributed by atoms with van der Waals surface area (Å²) in [6, 6.07) is 4.64. The molecule has 1 aromatic rings. The minimum atomic E-state index is -0.272. The summed E-state index contributed by atoms with van der Waals surface area (Å²) in [5, 5.41) is 1.55. The van der Waals surface area contributed by atoms with E-state index >= 15 is 0 Å². The molecule has 1 aliphatic heterocycles. The van der Waals surface area contributed by atoms with Crippen LogP contribution in [0.5, 0.6) is 0 Å². The fourth-order valence-electron chi connectivity index (χ4n) is 2.18. The molecule has 2 nitrogen and oxygen atoms in total. The van der Waals surface area contributed by atoms with E-state index in [1.165, 1.54) is 12.1 Å². The molecule has 1 aromatic carbocycles. The summed E-state index contributed by atoms with van der Waals surface area (Å²) in [6.45, 7) is 6.17. The first-order chi connectivity index (χ1) is 8.69. The van der Waals surface area contributed by atoms with Gasteiger partial charge in [-0.2, -0.15) is 0 Å². The molecule has 0 unspecified atom stereocenters. The minimum Gasteiger partial charge on any atom is -0.300 e. The summed E-state index contributed by atoms with van der Waals surface area (Å²) in [5.41, 5.74) is 1.01. The third-order valence-corrected chi connectivity index (χ3v) is 3.98. The Labute approximate surface area is 121 Å². The van der Waals surface area contributed by atoms with Gasteiger partial charge < -0.3 is 0 Å². The minimum absolute atomic E-state index is 0.272. The summed E-state index contributed by atoms with van der Waals surface area (Å²) in [5.74, 6) is -0.272. The molecule has 0 amide bonds. The summed E-state index contributed by atoms with van der Waals surface area (Å²) in [7, 11) is 0. The molecule has 0 radical (unpaired) electrons. The van der Waals surface area contributed by atoms with Crippen molar-refractivity contribution in [2.24, 2.45) is 0 Å². The van der Waals surface area contributed by atoms with E-state index in [1.807, 2.05) is 0 Å². The van der Waals surface area contributed by atoms with Gasteiger partial charge in [0.05, 0.1) is 0 Å². The number of halogens is 3. The van der Waals surface area contributed by atoms with Crippen molar-refractivity contribution in [3.8, 4) is 0 Å². The summed E-state index contributed by atoms with van der Waals surface area (Å²) in [4.78, 5) is 4.81. The van der Waals surface area contributed by atoms with Crippen LogP contribution in [0.1, 0.15) is 5.56 Å². The highest BCUT2D eigenvalue weighted by Crippen LogP contribution is 2.19. The van der Waals surface area contributed by atoms with Crippen LogP contribution in [0, 0.1) is 5.82 Å². The Hall–Kier alpha value is -0.160. The molecule has 2 rings (SSSR count). The van der Waals surface area contributed by atoms with E-state index in [-0.39, 0.29) is 5.82 Å². The van der Waals surface area contributed by atoms with Crippen molar-refractivity contribution in [1.29, 1.82) is 0 Å². The van der Waals surface area contributed by atoms with Gasteiger partial charge in [-0.05, 0) is 17.7 Å². The van der Waals surface area contributed by atoms with Crippen molar-refractivity contribution in [3.63, 3.8) is 0 Å². The van der Waals surface area contributed by atoms with E-state index < -0.39 is 0 Å². The molecule has 1 fully saturated rings. The molecule has 0 atom stereocenters. The first-order valence-electron chi connectivity index (χ1n) is 6.13. The van der Waals surface area contributed by atoms with Gasteiger partial charge in [-0.25, -0.2) is 4.39 Å². The Morgan fingerprint density at radius 2 is 1.83 bits per heavy atom. The number of alkyl halides is 1. The smallest absolute Gasteiger partial charge is 0.124 e. The molecule has 1 aliphatic rings. The van der Waals surface area contributed by atoms with E-state index in [2.05, 4.69) is 25.7 Å². The van der Waals surface area contributed by atoms with Crippen LogP contribution in [-0.4, -0.2) is 47.9 Å². The van der Waals surface area contributed by atoms with Crippen molar-refractivity contribution in [2.45, 2.75) is 6.54 Å². The standard InChI is InChI=1S/C13H17BrClFN2/c14-3-4-17-5-7-18(8-6-17)10-11-1-2-12(16)9-13(11)15/h1-2,9H,3-8,10H2. The zero-order chi connectivity index (χ0) is 13.0. The van der Waals surface area contributed by atoms with Crippen LogP contribution in [-0.2, 0) is 6.54 Å². The summed E-state index contributed by atoms with van der Waals surface area (Å²) >= 11 is 9.51. The van der Waals surface area contributed by atoms with E-state index in [0.717, 1.165) is 50.2 Å². The van der Waals surface area contributed by atoms with E-state index in [1.54, 1.807) is 6.07 Å². The van der Waals surface area contributed by atoms with Crippen LogP contribution < -0.4 is 0 Å². The highest BCUT2D eigenvalue weighted by Gasteiger charge is 2.17. The molecule has 100 valence electrons. The van der Waals surface area contributed by atoms with Gasteiger partial charge in [-0.1, -0.05) is 33.6 Å². The van der Waals surface area contributed by atoms with Gasteiger partial charge in [0, 0.05) is 49.6 Å². The topological polar surface area (TPSA) is 6.48 Å². The summed E-state index contributed by atoms with van der Waals surface area (Å²) in [6.07, 6.45) is 0. The van der Waals surface area contributed by atoms with Gasteiger partial charge in [0.1, 0.15) is 5.82 Å². The second-order valence-electron chi connectivity index (χ2n) is 4.54. The largest absolute Gasteiger partial charge is 0.300 e. The molecule has 0 aromatic heterocycles. The highest BCUT2D eigenvalue weighted by atomic mass is 79.9. The normalized spacial score (nSPS) is 18.2. The van der Waals surface area contributed by atoms with E-state index in [4.69, 9.17) is 11.6 Å². The quantitative estimate of drug-likeness (QED) is 0.781. The fourth-order valence-corrected chi connectivity index (χ4v) is 2.91. The van der Waals surface area contributed by atoms with Crippen LogP contribution in [0.25, 0.3) is 0 Å². The van der Waals surface area contributed by atoms with Crippen molar-refractivity contribution < 1.29 is 4.39 Å². The lowest BCUT2D eigenvalue weighted by Crippen LogP contribution is -2.46. The van der Waals surface area contributed by atoms with Crippen LogP contribution in [0.15, 0.2) is 18.2 Å². The Morgan fingerprint density at radius 3 is 2.44 bits per heavy atom. The van der Waals surface area contributed by atoms with Gasteiger partial charge in [0.2, 0.25) is 0 Å². The van der Waals surface area contributed by atoms with Crippen LogP contribution in [0.2, 0.25) is 5.02 Å². The number of rotatable bonds is 4. The maximum Gasteiger partial charge on any atom is 0.124 e. The molecule has 5 heteroatoms. The molecule has 0 N–H and O–H groups in total. The van der Waals surface area contributed by atoms with Gasteiger partial charge in [-0.3, -0.25) is 9.80 Å². The molecule has 0 spiro atoms. The number of hydrogen-bond donors (Lipinski definition) is 0. The monoisotopic (exact) mass is 334 g/mol. The summed E-state index contributed by atoms with van der Waals surface area (Å²) < 4.78 is 13.0. The Morgan fingerprint density at radius 1 is 1.17 bits per heavy atom. The van der Waals surface area contributed by atoms with Gasteiger partial charge in [0.15, 0.2) is 0 Å². The van der Waals surface area contributed by atoms with Crippen molar-refractivity contribution in [2.75, 3.05) is 38.1 Å². The Kier molecular flexibility index (Phi) is 5.42. The maximum atomic E-state index is 13.0. The third kappa shape index (κ3) is 3.92. The Balaban J connectivity index is 1.87. The lowest BCUT2D eigenvalue weighted by Gasteiger charge is -2.34. The van der Waals surface area contributed by atoms with Crippen molar-refractivity contribution >= 4 is 27.5 Å². The maximum absolute atomic E-state index is 13.0. The predicted molar refractivity (Wildman–Crippen MR) is 76.9 cm³/mol. The molecule has 0 aliphatic carbocycles. The SMILES string of the molecule is Fc1ccc(CN2CCN(CCBr)CC2)c(Cl)c1. The molecular formula is C13H17BrClFN2. The van der Waals surface area contributed by atoms with Gasteiger partial charge >= 0.3 is 0 Å². The lowest BCUT2D eigenvalue weighted by molar-refractivity contribution is 0.133. The molecule has 0 saturated carbocycles. The number of hydrogen-bond acceptors (Lipinski definition) is 2. The average Bonchev–Trinajstić information content (AvgIpc) is 2.35. The van der Waals surface area contributed by atoms with Crippen LogP contribution >= 0.6 is 27.5 Å². The molecule has 18 heavy (non-hydrogen) atoms. The first kappa shape index (κ1) is 14.3. The van der Waals surface area contributed by atoms with Gasteiger partial charge in [0.25, 0.3) is 0 Å². The van der Waals surface area contributed by atoms with Crippen molar-refractivity contribution in [1.82, 2.24) is 9.80 Å². The van der Waals surface area contributed by atoms with Gasteiger partial charge in [-0.15, -0.1) is 0 Å². The zero-order valence-electron chi connectivity index (χ0n) is 10.2. The molecule has 1 saturated heterocycles. The second kappa shape index (κ2) is 6.85. The zero-order valence-corrected chi connectivity index (χ0v) is 12.6. The number of benzene rings is 1. The fraction of sp³-hybridized carbons (Fsp3) is 0.538. The van der Waals surface area contributed by atoms with Crippen LogP contribution in [0.3, 0.4) is 0 Å². The van der Waals surface area contributed by atoms with Crippen LogP contribution in [0.4, 0.5) is 4.39 Å². The Bertz CT molecular complexity index is 395. The average molecular weight is 336 g/mol. The molecular weight excluding hydrogens is 319 g/mol. The lowest BCUT2D eigenvalue weighted by atomic mass is 10.2. The third-order valence-electron chi connectivity index (χ3n) is 3.27. The number of piperazine rings is 1.